The summed E-state index contributed by atoms with van der Waals surface area (Å²) in [6, 6.07) is 14.5. The Morgan fingerprint density at radius 1 is 1.19 bits per heavy atom. The van der Waals surface area contributed by atoms with Crippen LogP contribution in [0.15, 0.2) is 48.7 Å². The molecule has 1 aromatic heterocycles. The summed E-state index contributed by atoms with van der Waals surface area (Å²) in [5, 5.41) is 2.38. The van der Waals surface area contributed by atoms with Gasteiger partial charge in [-0.2, -0.15) is 0 Å². The van der Waals surface area contributed by atoms with Gasteiger partial charge in [-0.05, 0) is 44.4 Å². The van der Waals surface area contributed by atoms with E-state index in [1.807, 2.05) is 39.1 Å². The standard InChI is InChI=1S/C22H25N3O2/c1-22(2,3)27-21(26)25-13-7-12-19(25)20-23-14-18(24-20)17-11-6-9-15-8-4-5-10-16(15)17/h4-6,8-11,14,19H,7,12-13H2,1-3H3,(H,23,24)/t19-/m1/s1. The molecule has 0 spiro atoms. The molecule has 27 heavy (non-hydrogen) atoms. The van der Waals surface area contributed by atoms with E-state index < -0.39 is 5.60 Å². The predicted octanol–water partition coefficient (Wildman–Crippen LogP) is 5.30. The fourth-order valence-electron chi connectivity index (χ4n) is 3.69. The Kier molecular flexibility index (Phi) is 4.38. The van der Waals surface area contributed by atoms with E-state index >= 15 is 0 Å². The van der Waals surface area contributed by atoms with Crippen molar-refractivity contribution >= 4 is 16.9 Å². The zero-order chi connectivity index (χ0) is 19.0. The van der Waals surface area contributed by atoms with Crippen LogP contribution in [0.3, 0.4) is 0 Å². The van der Waals surface area contributed by atoms with Crippen LogP contribution in [0.1, 0.15) is 45.5 Å². The van der Waals surface area contributed by atoms with Crippen molar-refractivity contribution in [3.8, 4) is 11.3 Å². The zero-order valence-electron chi connectivity index (χ0n) is 16.0. The Morgan fingerprint density at radius 3 is 2.78 bits per heavy atom. The molecule has 0 unspecified atom stereocenters. The first-order valence-corrected chi connectivity index (χ1v) is 9.45. The highest BCUT2D eigenvalue weighted by Gasteiger charge is 2.34. The normalized spacial score (nSPS) is 17.4. The highest BCUT2D eigenvalue weighted by atomic mass is 16.6. The van der Waals surface area contributed by atoms with Crippen LogP contribution in [-0.2, 0) is 4.74 Å². The molecule has 5 nitrogen and oxygen atoms in total. The van der Waals surface area contributed by atoms with Crippen molar-refractivity contribution < 1.29 is 9.53 Å². The van der Waals surface area contributed by atoms with Crippen molar-refractivity contribution in [2.45, 2.75) is 45.3 Å². The summed E-state index contributed by atoms with van der Waals surface area (Å²) in [5.41, 5.74) is 1.59. The molecule has 0 radical (unpaired) electrons. The van der Waals surface area contributed by atoms with Crippen LogP contribution in [0, 0.1) is 0 Å². The van der Waals surface area contributed by atoms with Gasteiger partial charge in [0.2, 0.25) is 0 Å². The molecule has 140 valence electrons. The van der Waals surface area contributed by atoms with E-state index in [9.17, 15) is 4.79 Å². The molecule has 5 heteroatoms. The minimum absolute atomic E-state index is 0.0661. The van der Waals surface area contributed by atoms with Crippen LogP contribution in [0.5, 0.6) is 0 Å². The lowest BCUT2D eigenvalue weighted by molar-refractivity contribution is 0.0219. The number of rotatable bonds is 2. The monoisotopic (exact) mass is 363 g/mol. The molecule has 1 aliphatic heterocycles. The lowest BCUT2D eigenvalue weighted by atomic mass is 10.0. The van der Waals surface area contributed by atoms with Gasteiger partial charge < -0.3 is 9.72 Å². The largest absolute Gasteiger partial charge is 0.444 e. The summed E-state index contributed by atoms with van der Waals surface area (Å²) in [4.78, 5) is 22.4. The quantitative estimate of drug-likeness (QED) is 0.672. The van der Waals surface area contributed by atoms with Gasteiger partial charge in [-0.25, -0.2) is 9.78 Å². The van der Waals surface area contributed by atoms with Crippen LogP contribution in [-0.4, -0.2) is 33.1 Å². The Morgan fingerprint density at radius 2 is 1.96 bits per heavy atom. The number of fused-ring (bicyclic) bond motifs is 1. The molecule has 2 aromatic carbocycles. The van der Waals surface area contributed by atoms with E-state index in [1.54, 1.807) is 4.90 Å². The third-order valence-corrected chi connectivity index (χ3v) is 4.87. The fourth-order valence-corrected chi connectivity index (χ4v) is 3.69. The number of carbonyl (C=O) groups is 1. The number of hydrogen-bond donors (Lipinski definition) is 1. The summed E-state index contributed by atoms with van der Waals surface area (Å²) < 4.78 is 5.57. The highest BCUT2D eigenvalue weighted by molar-refractivity contribution is 5.95. The third kappa shape index (κ3) is 3.54. The van der Waals surface area contributed by atoms with Crippen molar-refractivity contribution in [2.75, 3.05) is 6.54 Å². The van der Waals surface area contributed by atoms with Crippen molar-refractivity contribution in [3.05, 3.63) is 54.5 Å². The SMILES string of the molecule is CC(C)(C)OC(=O)N1CCC[C@@H]1c1ncc(-c2cccc3ccccc23)[nH]1. The number of H-pyrrole nitrogens is 1. The summed E-state index contributed by atoms with van der Waals surface area (Å²) in [7, 11) is 0. The maximum atomic E-state index is 12.6. The average molecular weight is 363 g/mol. The van der Waals surface area contributed by atoms with Gasteiger partial charge in [0.1, 0.15) is 11.4 Å². The number of ether oxygens (including phenoxy) is 1. The molecule has 0 aliphatic carbocycles. The Bertz CT molecular complexity index is 966. The lowest BCUT2D eigenvalue weighted by Crippen LogP contribution is -2.36. The van der Waals surface area contributed by atoms with E-state index in [1.165, 1.54) is 10.8 Å². The second-order valence-electron chi connectivity index (χ2n) is 8.04. The number of aromatic amines is 1. The van der Waals surface area contributed by atoms with Crippen molar-refractivity contribution in [3.63, 3.8) is 0 Å². The fraction of sp³-hybridized carbons (Fsp3) is 0.364. The number of nitrogens with zero attached hydrogens (tertiary/aromatic N) is 2. The number of imidazole rings is 1. The number of likely N-dealkylation sites (tertiary alicyclic amines) is 1. The maximum absolute atomic E-state index is 12.6. The molecule has 1 aliphatic rings. The number of nitrogens with one attached hydrogen (secondary N) is 1. The van der Waals surface area contributed by atoms with Crippen LogP contribution in [0.25, 0.3) is 22.0 Å². The van der Waals surface area contributed by atoms with Gasteiger partial charge in [-0.15, -0.1) is 0 Å². The van der Waals surface area contributed by atoms with Crippen LogP contribution < -0.4 is 0 Å². The van der Waals surface area contributed by atoms with E-state index in [4.69, 9.17) is 4.74 Å². The second kappa shape index (κ2) is 6.72. The molecule has 1 amide bonds. The predicted molar refractivity (Wildman–Crippen MR) is 106 cm³/mol. The lowest BCUT2D eigenvalue weighted by Gasteiger charge is -2.27. The molecule has 1 N–H and O–H groups in total. The first kappa shape index (κ1) is 17.6. The smallest absolute Gasteiger partial charge is 0.410 e. The Balaban J connectivity index is 1.63. The molecule has 0 bridgehead atoms. The van der Waals surface area contributed by atoms with Gasteiger partial charge in [-0.1, -0.05) is 42.5 Å². The van der Waals surface area contributed by atoms with Crippen molar-refractivity contribution in [1.29, 1.82) is 0 Å². The molecule has 1 fully saturated rings. The van der Waals surface area contributed by atoms with E-state index in [2.05, 4.69) is 40.3 Å². The van der Waals surface area contributed by atoms with Gasteiger partial charge in [0.25, 0.3) is 0 Å². The third-order valence-electron chi connectivity index (χ3n) is 4.87. The van der Waals surface area contributed by atoms with Gasteiger partial charge in [-0.3, -0.25) is 4.90 Å². The van der Waals surface area contributed by atoms with Crippen molar-refractivity contribution in [1.82, 2.24) is 14.9 Å². The molecular formula is C22H25N3O2. The summed E-state index contributed by atoms with van der Waals surface area (Å²) in [6.07, 6.45) is 3.44. The summed E-state index contributed by atoms with van der Waals surface area (Å²) >= 11 is 0. The van der Waals surface area contributed by atoms with E-state index in [0.29, 0.717) is 6.54 Å². The maximum Gasteiger partial charge on any atom is 0.410 e. The number of carbonyl (C=O) groups excluding carboxylic acids is 1. The van der Waals surface area contributed by atoms with Gasteiger partial charge >= 0.3 is 6.09 Å². The molecule has 3 aromatic rings. The van der Waals surface area contributed by atoms with Crippen LogP contribution in [0.2, 0.25) is 0 Å². The molecule has 1 atom stereocenters. The van der Waals surface area contributed by atoms with Gasteiger partial charge in [0.05, 0.1) is 17.9 Å². The van der Waals surface area contributed by atoms with E-state index in [0.717, 1.165) is 29.9 Å². The second-order valence-corrected chi connectivity index (χ2v) is 8.04. The first-order valence-electron chi connectivity index (χ1n) is 9.45. The van der Waals surface area contributed by atoms with E-state index in [-0.39, 0.29) is 12.1 Å². The zero-order valence-corrected chi connectivity index (χ0v) is 16.0. The Hall–Kier alpha value is -2.82. The molecule has 1 saturated heterocycles. The van der Waals surface area contributed by atoms with Crippen LogP contribution in [0.4, 0.5) is 4.79 Å². The first-order chi connectivity index (χ1) is 12.9. The van der Waals surface area contributed by atoms with Crippen molar-refractivity contribution in [2.24, 2.45) is 0 Å². The average Bonchev–Trinajstić information content (AvgIpc) is 3.29. The minimum Gasteiger partial charge on any atom is -0.444 e. The number of benzene rings is 2. The number of aromatic nitrogens is 2. The summed E-state index contributed by atoms with van der Waals surface area (Å²) in [5.74, 6) is 0.821. The Labute approximate surface area is 159 Å². The summed E-state index contributed by atoms with van der Waals surface area (Å²) in [6.45, 7) is 6.37. The number of hydrogen-bond acceptors (Lipinski definition) is 3. The van der Waals surface area contributed by atoms with Gasteiger partial charge in [0, 0.05) is 12.1 Å². The highest BCUT2D eigenvalue weighted by Crippen LogP contribution is 2.34. The molecule has 4 rings (SSSR count). The molecule has 0 saturated carbocycles. The van der Waals surface area contributed by atoms with Crippen LogP contribution >= 0.6 is 0 Å². The molecule has 2 heterocycles. The topological polar surface area (TPSA) is 58.2 Å². The van der Waals surface area contributed by atoms with Gasteiger partial charge in [0.15, 0.2) is 0 Å². The molecular weight excluding hydrogens is 338 g/mol. The minimum atomic E-state index is -0.499. The number of amides is 1.